The normalized spacial score (nSPS) is 19.8. The van der Waals surface area contributed by atoms with Crippen molar-refractivity contribution in [2.24, 2.45) is 0 Å². The van der Waals surface area contributed by atoms with E-state index in [0.717, 1.165) is 24.2 Å². The van der Waals surface area contributed by atoms with Crippen LogP contribution < -0.4 is 4.74 Å². The first kappa shape index (κ1) is 16.1. The van der Waals surface area contributed by atoms with Crippen molar-refractivity contribution in [1.29, 1.82) is 0 Å². The van der Waals surface area contributed by atoms with E-state index in [1.807, 2.05) is 37.3 Å². The van der Waals surface area contributed by atoms with E-state index in [9.17, 15) is 0 Å². The quantitative estimate of drug-likeness (QED) is 0.726. The molecule has 3 aromatic rings. The maximum Gasteiger partial charge on any atom is 0.256 e. The van der Waals surface area contributed by atoms with E-state index in [4.69, 9.17) is 13.9 Å². The SMILES string of the molecule is C[C@@H](Oc1ccc2ccccc2c1)c1nnc([C@@H]2CN(C)CCO2)o1. The van der Waals surface area contributed by atoms with E-state index < -0.39 is 0 Å². The standard InChI is InChI=1S/C19H21N3O3/c1-13(24-16-8-7-14-5-3-4-6-15(14)11-16)18-20-21-19(25-18)17-12-22(2)9-10-23-17/h3-8,11,13,17H,9-10,12H2,1-2H3/t13-,17+/m1/s1. The number of hydrogen-bond acceptors (Lipinski definition) is 6. The van der Waals surface area contributed by atoms with Gasteiger partial charge in [0.2, 0.25) is 5.89 Å². The molecule has 6 heteroatoms. The third-order valence-electron chi connectivity index (χ3n) is 4.38. The molecule has 6 nitrogen and oxygen atoms in total. The van der Waals surface area contributed by atoms with Crippen LogP contribution in [-0.2, 0) is 4.74 Å². The summed E-state index contributed by atoms with van der Waals surface area (Å²) in [6.07, 6.45) is -0.503. The zero-order valence-electron chi connectivity index (χ0n) is 14.4. The molecule has 1 aliphatic heterocycles. The molecule has 0 N–H and O–H groups in total. The van der Waals surface area contributed by atoms with E-state index in [1.165, 1.54) is 5.39 Å². The lowest BCUT2D eigenvalue weighted by Crippen LogP contribution is -2.35. The molecular formula is C19H21N3O3. The Labute approximate surface area is 146 Å². The minimum Gasteiger partial charge on any atom is -0.481 e. The van der Waals surface area contributed by atoms with Crippen LogP contribution in [0.2, 0.25) is 0 Å². The second-order valence-corrected chi connectivity index (χ2v) is 6.37. The van der Waals surface area contributed by atoms with Crippen LogP contribution in [0.3, 0.4) is 0 Å². The van der Waals surface area contributed by atoms with Crippen LogP contribution >= 0.6 is 0 Å². The van der Waals surface area contributed by atoms with Crippen LogP contribution in [0.25, 0.3) is 10.8 Å². The number of fused-ring (bicyclic) bond motifs is 1. The topological polar surface area (TPSA) is 60.6 Å². The molecule has 0 bridgehead atoms. The maximum absolute atomic E-state index is 5.98. The zero-order chi connectivity index (χ0) is 17.2. The Morgan fingerprint density at radius 1 is 1.16 bits per heavy atom. The van der Waals surface area contributed by atoms with Gasteiger partial charge >= 0.3 is 0 Å². The Balaban J connectivity index is 1.48. The fraction of sp³-hybridized carbons (Fsp3) is 0.368. The molecule has 0 aliphatic carbocycles. The Bertz CT molecular complexity index is 864. The summed E-state index contributed by atoms with van der Waals surface area (Å²) in [5, 5.41) is 10.6. The molecule has 0 saturated carbocycles. The summed E-state index contributed by atoms with van der Waals surface area (Å²) in [5.74, 6) is 1.75. The number of likely N-dealkylation sites (N-methyl/N-ethyl adjacent to an activating group) is 1. The molecule has 2 heterocycles. The van der Waals surface area contributed by atoms with E-state index >= 15 is 0 Å². The van der Waals surface area contributed by atoms with E-state index in [-0.39, 0.29) is 12.2 Å². The van der Waals surface area contributed by atoms with Crippen molar-refractivity contribution in [1.82, 2.24) is 15.1 Å². The summed E-state index contributed by atoms with van der Waals surface area (Å²) in [6, 6.07) is 14.2. The highest BCUT2D eigenvalue weighted by Gasteiger charge is 2.26. The van der Waals surface area contributed by atoms with Gasteiger partial charge in [0, 0.05) is 13.1 Å². The first-order valence-corrected chi connectivity index (χ1v) is 8.48. The Morgan fingerprint density at radius 3 is 2.84 bits per heavy atom. The number of aromatic nitrogens is 2. The van der Waals surface area contributed by atoms with E-state index in [1.54, 1.807) is 0 Å². The maximum atomic E-state index is 5.98. The van der Waals surface area contributed by atoms with Crippen molar-refractivity contribution < 1.29 is 13.9 Å². The molecule has 1 aromatic heterocycles. The van der Waals surface area contributed by atoms with Crippen molar-refractivity contribution >= 4 is 10.8 Å². The second kappa shape index (κ2) is 6.82. The second-order valence-electron chi connectivity index (χ2n) is 6.37. The minimum atomic E-state index is -0.330. The summed E-state index contributed by atoms with van der Waals surface area (Å²) < 4.78 is 17.5. The monoisotopic (exact) mass is 339 g/mol. The van der Waals surface area contributed by atoms with Crippen molar-refractivity contribution in [3.63, 3.8) is 0 Å². The molecular weight excluding hydrogens is 318 g/mol. The van der Waals surface area contributed by atoms with Gasteiger partial charge in [-0.05, 0) is 36.9 Å². The molecule has 1 aliphatic rings. The minimum absolute atomic E-state index is 0.173. The molecule has 0 amide bonds. The molecule has 2 atom stereocenters. The van der Waals surface area contributed by atoms with Gasteiger partial charge in [0.25, 0.3) is 5.89 Å². The number of hydrogen-bond donors (Lipinski definition) is 0. The van der Waals surface area contributed by atoms with Crippen LogP contribution in [0.1, 0.15) is 30.9 Å². The highest BCUT2D eigenvalue weighted by atomic mass is 16.5. The van der Waals surface area contributed by atoms with Crippen molar-refractivity contribution in [3.05, 3.63) is 54.2 Å². The van der Waals surface area contributed by atoms with Crippen molar-refractivity contribution in [2.75, 3.05) is 26.7 Å². The first-order chi connectivity index (χ1) is 12.2. The van der Waals surface area contributed by atoms with Gasteiger partial charge in [-0.15, -0.1) is 10.2 Å². The van der Waals surface area contributed by atoms with Crippen molar-refractivity contribution in [3.8, 4) is 5.75 Å². The summed E-state index contributed by atoms with van der Waals surface area (Å²) in [5.41, 5.74) is 0. The zero-order valence-corrected chi connectivity index (χ0v) is 14.4. The summed E-state index contributed by atoms with van der Waals surface area (Å²) in [7, 11) is 2.05. The average Bonchev–Trinajstić information content (AvgIpc) is 3.12. The third kappa shape index (κ3) is 3.50. The third-order valence-corrected chi connectivity index (χ3v) is 4.38. The molecule has 2 aromatic carbocycles. The number of ether oxygens (including phenoxy) is 2. The predicted octanol–water partition coefficient (Wildman–Crippen LogP) is 3.37. The van der Waals surface area contributed by atoms with Crippen LogP contribution in [0.15, 0.2) is 46.9 Å². The van der Waals surface area contributed by atoms with Gasteiger partial charge in [0.15, 0.2) is 6.10 Å². The molecule has 0 spiro atoms. The highest BCUT2D eigenvalue weighted by Crippen LogP contribution is 2.27. The predicted molar refractivity (Wildman–Crippen MR) is 93.5 cm³/mol. The van der Waals surface area contributed by atoms with Gasteiger partial charge in [-0.1, -0.05) is 30.3 Å². The lowest BCUT2D eigenvalue weighted by Gasteiger charge is -2.27. The lowest BCUT2D eigenvalue weighted by molar-refractivity contribution is -0.0354. The molecule has 0 unspecified atom stereocenters. The van der Waals surface area contributed by atoms with Crippen LogP contribution in [0, 0.1) is 0 Å². The van der Waals surface area contributed by atoms with Gasteiger partial charge in [0.05, 0.1) is 6.61 Å². The molecule has 25 heavy (non-hydrogen) atoms. The molecule has 0 radical (unpaired) electrons. The van der Waals surface area contributed by atoms with Crippen LogP contribution in [0.5, 0.6) is 5.75 Å². The van der Waals surface area contributed by atoms with E-state index in [0.29, 0.717) is 18.4 Å². The Hall–Kier alpha value is -2.44. The fourth-order valence-corrected chi connectivity index (χ4v) is 2.96. The van der Waals surface area contributed by atoms with Gasteiger partial charge in [-0.25, -0.2) is 0 Å². The smallest absolute Gasteiger partial charge is 0.256 e. The fourth-order valence-electron chi connectivity index (χ4n) is 2.96. The molecule has 130 valence electrons. The molecule has 1 fully saturated rings. The van der Waals surface area contributed by atoms with E-state index in [2.05, 4.69) is 34.3 Å². The number of benzene rings is 2. The highest BCUT2D eigenvalue weighted by molar-refractivity contribution is 5.83. The van der Waals surface area contributed by atoms with Crippen molar-refractivity contribution in [2.45, 2.75) is 19.1 Å². The number of nitrogens with zero attached hydrogens (tertiary/aromatic N) is 3. The van der Waals surface area contributed by atoms with Crippen LogP contribution in [0.4, 0.5) is 0 Å². The summed E-state index contributed by atoms with van der Waals surface area (Å²) >= 11 is 0. The number of morpholine rings is 1. The Kier molecular flexibility index (Phi) is 4.38. The molecule has 4 rings (SSSR count). The summed E-state index contributed by atoms with van der Waals surface area (Å²) in [6.45, 7) is 4.24. The van der Waals surface area contributed by atoms with Crippen LogP contribution in [-0.4, -0.2) is 41.8 Å². The average molecular weight is 339 g/mol. The molecule has 1 saturated heterocycles. The first-order valence-electron chi connectivity index (χ1n) is 8.48. The largest absolute Gasteiger partial charge is 0.481 e. The van der Waals surface area contributed by atoms with Gasteiger partial charge in [-0.3, -0.25) is 0 Å². The van der Waals surface area contributed by atoms with Gasteiger partial charge < -0.3 is 18.8 Å². The van der Waals surface area contributed by atoms with Gasteiger partial charge in [0.1, 0.15) is 11.9 Å². The van der Waals surface area contributed by atoms with Gasteiger partial charge in [-0.2, -0.15) is 0 Å². The number of rotatable bonds is 4. The lowest BCUT2D eigenvalue weighted by atomic mass is 10.1. The Morgan fingerprint density at radius 2 is 2.00 bits per heavy atom. The summed E-state index contributed by atoms with van der Waals surface area (Å²) in [4.78, 5) is 2.19.